The second kappa shape index (κ2) is 11.6. The van der Waals surface area contributed by atoms with Crippen molar-refractivity contribution in [3.63, 3.8) is 0 Å². The molecule has 1 aliphatic carbocycles. The molecular formula is C31H26ClN3O5. The lowest BCUT2D eigenvalue weighted by molar-refractivity contribution is -0.123. The Bertz CT molecular complexity index is 1610. The highest BCUT2D eigenvalue weighted by atomic mass is 35.5. The maximum atomic E-state index is 13.3. The minimum atomic E-state index is -1.20. The van der Waals surface area contributed by atoms with Crippen LogP contribution < -0.4 is 10.6 Å². The van der Waals surface area contributed by atoms with Crippen LogP contribution in [-0.2, 0) is 11.2 Å². The number of halogens is 1. The number of nitrogens with one attached hydrogen (secondary N) is 2. The minimum absolute atomic E-state index is 0.0746. The van der Waals surface area contributed by atoms with E-state index in [-0.39, 0.29) is 35.4 Å². The number of carbonyl (C=O) groups is 3. The highest BCUT2D eigenvalue weighted by Crippen LogP contribution is 2.23. The Labute approximate surface area is 235 Å². The summed E-state index contributed by atoms with van der Waals surface area (Å²) in [5.41, 5.74) is 2.59. The first-order valence-corrected chi connectivity index (χ1v) is 13.1. The predicted octanol–water partition coefficient (Wildman–Crippen LogP) is 5.08. The molecule has 1 aromatic heterocycles. The van der Waals surface area contributed by atoms with Crippen LogP contribution in [0.3, 0.4) is 0 Å². The van der Waals surface area contributed by atoms with E-state index in [1.807, 2.05) is 24.3 Å². The van der Waals surface area contributed by atoms with E-state index in [1.165, 1.54) is 18.2 Å². The van der Waals surface area contributed by atoms with Crippen molar-refractivity contribution in [2.45, 2.75) is 31.3 Å². The molecule has 3 aromatic carbocycles. The van der Waals surface area contributed by atoms with Gasteiger partial charge in [0.1, 0.15) is 17.5 Å². The number of benzene rings is 3. The van der Waals surface area contributed by atoms with E-state index in [0.29, 0.717) is 15.9 Å². The summed E-state index contributed by atoms with van der Waals surface area (Å²) < 4.78 is 0. The lowest BCUT2D eigenvalue weighted by atomic mass is 10.0. The molecule has 1 atom stereocenters. The van der Waals surface area contributed by atoms with Crippen LogP contribution in [0.5, 0.6) is 5.75 Å². The lowest BCUT2D eigenvalue weighted by Crippen LogP contribution is -2.48. The van der Waals surface area contributed by atoms with Gasteiger partial charge in [0.15, 0.2) is 0 Å². The molecule has 4 aromatic rings. The Morgan fingerprint density at radius 1 is 0.950 bits per heavy atom. The second-order valence-corrected chi connectivity index (χ2v) is 10.1. The summed E-state index contributed by atoms with van der Waals surface area (Å²) in [5, 5.41) is 26.2. The summed E-state index contributed by atoms with van der Waals surface area (Å²) in [4.78, 5) is 42.8. The topological polar surface area (TPSA) is 129 Å². The van der Waals surface area contributed by atoms with Gasteiger partial charge in [0.05, 0.1) is 11.1 Å². The van der Waals surface area contributed by atoms with E-state index in [0.717, 1.165) is 29.5 Å². The number of pyridine rings is 1. The molecule has 1 heterocycles. The number of aromatic hydroxyl groups is 1. The van der Waals surface area contributed by atoms with Crippen molar-refractivity contribution in [2.75, 3.05) is 0 Å². The molecule has 0 spiro atoms. The molecule has 0 aliphatic heterocycles. The first-order chi connectivity index (χ1) is 19.2. The number of fused-ring (bicyclic) bond motifs is 1. The van der Waals surface area contributed by atoms with Crippen LogP contribution in [0, 0.1) is 0 Å². The van der Waals surface area contributed by atoms with Crippen molar-refractivity contribution in [1.82, 2.24) is 15.6 Å². The van der Waals surface area contributed by atoms with Gasteiger partial charge in [-0.1, -0.05) is 54.1 Å². The van der Waals surface area contributed by atoms with E-state index in [4.69, 9.17) is 11.6 Å². The van der Waals surface area contributed by atoms with Gasteiger partial charge >= 0.3 is 5.97 Å². The van der Waals surface area contributed by atoms with Crippen molar-refractivity contribution in [3.8, 4) is 5.75 Å². The molecule has 1 saturated carbocycles. The molecule has 2 amide bonds. The van der Waals surface area contributed by atoms with Crippen LogP contribution in [0.4, 0.5) is 0 Å². The maximum absolute atomic E-state index is 13.3. The first kappa shape index (κ1) is 26.9. The van der Waals surface area contributed by atoms with Crippen molar-refractivity contribution in [3.05, 3.63) is 106 Å². The Morgan fingerprint density at radius 2 is 1.62 bits per heavy atom. The Balaban J connectivity index is 1.41. The number of nitrogens with zero attached hydrogens (tertiary/aromatic N) is 1. The maximum Gasteiger partial charge on any atom is 0.336 e. The quantitative estimate of drug-likeness (QED) is 0.213. The molecule has 8 nitrogen and oxygen atoms in total. The lowest BCUT2D eigenvalue weighted by Gasteiger charge is -2.19. The minimum Gasteiger partial charge on any atom is -0.508 e. The number of carboxylic acid groups (broad SMARTS) is 1. The van der Waals surface area contributed by atoms with E-state index in [9.17, 15) is 24.6 Å². The fourth-order valence-corrected chi connectivity index (χ4v) is 4.37. The molecule has 0 bridgehead atoms. The molecule has 1 aliphatic rings. The normalized spacial score (nSPS) is 13.7. The molecule has 4 N–H and O–H groups in total. The number of rotatable bonds is 9. The van der Waals surface area contributed by atoms with Crippen molar-refractivity contribution < 1.29 is 24.6 Å². The number of carbonyl (C=O) groups excluding carboxylic acids is 2. The van der Waals surface area contributed by atoms with Crippen LogP contribution in [0.15, 0.2) is 72.8 Å². The molecule has 202 valence electrons. The van der Waals surface area contributed by atoms with E-state index < -0.39 is 17.9 Å². The van der Waals surface area contributed by atoms with Crippen LogP contribution in [-0.4, -0.2) is 45.1 Å². The van der Waals surface area contributed by atoms with Crippen LogP contribution in [0.2, 0.25) is 5.02 Å². The fraction of sp³-hybridized carbons (Fsp3) is 0.161. The number of aromatic carboxylic acids is 1. The van der Waals surface area contributed by atoms with Gasteiger partial charge in [0.25, 0.3) is 5.91 Å². The molecule has 0 saturated heterocycles. The first-order valence-electron chi connectivity index (χ1n) is 12.8. The van der Waals surface area contributed by atoms with Crippen LogP contribution >= 0.6 is 11.6 Å². The number of hydrogen-bond acceptors (Lipinski definition) is 5. The third-order valence-electron chi connectivity index (χ3n) is 6.56. The molecule has 1 fully saturated rings. The van der Waals surface area contributed by atoms with Crippen molar-refractivity contribution in [2.24, 2.45) is 0 Å². The van der Waals surface area contributed by atoms with Gasteiger partial charge in [-0.3, -0.25) is 9.59 Å². The standard InChI is InChI=1S/C31H26ClN3O5/c32-21-8-3-18(4-9-21)1-2-19-7-14-26-24(15-19)25(31(39)40)17-28(34-26)30(38)35-27(29(37)33-22-10-11-22)16-20-5-12-23(36)13-6-20/h1-9,12-15,17,22,27,36H,10-11,16H2,(H,33,37)(H,35,38)(H,39,40)/b2-1+/t27-/m0/s1. The highest BCUT2D eigenvalue weighted by Gasteiger charge is 2.29. The Kier molecular flexibility index (Phi) is 7.79. The van der Waals surface area contributed by atoms with Crippen molar-refractivity contribution >= 4 is 52.4 Å². The van der Waals surface area contributed by atoms with Gasteiger partial charge in [-0.05, 0) is 72.0 Å². The van der Waals surface area contributed by atoms with Gasteiger partial charge in [0, 0.05) is 22.9 Å². The van der Waals surface area contributed by atoms with Gasteiger partial charge in [-0.2, -0.15) is 0 Å². The van der Waals surface area contributed by atoms with E-state index >= 15 is 0 Å². The summed E-state index contributed by atoms with van der Waals surface area (Å²) in [7, 11) is 0. The van der Waals surface area contributed by atoms with E-state index in [1.54, 1.807) is 42.5 Å². The summed E-state index contributed by atoms with van der Waals surface area (Å²) in [5.74, 6) is -2.10. The average molecular weight is 556 g/mol. The summed E-state index contributed by atoms with van der Waals surface area (Å²) in [6.45, 7) is 0. The largest absolute Gasteiger partial charge is 0.508 e. The van der Waals surface area contributed by atoms with E-state index in [2.05, 4.69) is 15.6 Å². The smallest absolute Gasteiger partial charge is 0.336 e. The van der Waals surface area contributed by atoms with Crippen LogP contribution in [0.25, 0.3) is 23.1 Å². The number of phenols is 1. The Morgan fingerprint density at radius 3 is 2.30 bits per heavy atom. The van der Waals surface area contributed by atoms with Gasteiger partial charge in [-0.25, -0.2) is 9.78 Å². The highest BCUT2D eigenvalue weighted by molar-refractivity contribution is 6.30. The third-order valence-corrected chi connectivity index (χ3v) is 6.81. The molecule has 5 rings (SSSR count). The monoisotopic (exact) mass is 555 g/mol. The number of hydrogen-bond donors (Lipinski definition) is 4. The SMILES string of the molecule is O=C(N[C@@H](Cc1ccc(O)cc1)C(=O)NC1CC1)c1cc(C(=O)O)c2cc(/C=C/c3ccc(Cl)cc3)ccc2n1. The zero-order chi connectivity index (χ0) is 28.2. The van der Waals surface area contributed by atoms with Gasteiger partial charge in [0.2, 0.25) is 5.91 Å². The number of amides is 2. The average Bonchev–Trinajstić information content (AvgIpc) is 3.76. The van der Waals surface area contributed by atoms with Gasteiger partial charge < -0.3 is 20.8 Å². The molecular weight excluding hydrogens is 530 g/mol. The predicted molar refractivity (Wildman–Crippen MR) is 153 cm³/mol. The third kappa shape index (κ3) is 6.65. The van der Waals surface area contributed by atoms with Crippen molar-refractivity contribution in [1.29, 1.82) is 0 Å². The van der Waals surface area contributed by atoms with Gasteiger partial charge in [-0.15, -0.1) is 0 Å². The summed E-state index contributed by atoms with van der Waals surface area (Å²) >= 11 is 5.94. The summed E-state index contributed by atoms with van der Waals surface area (Å²) in [6, 6.07) is 19.2. The number of aromatic nitrogens is 1. The number of phenolic OH excluding ortho intramolecular Hbond substituents is 1. The number of carboxylic acids is 1. The fourth-order valence-electron chi connectivity index (χ4n) is 4.25. The zero-order valence-electron chi connectivity index (χ0n) is 21.3. The summed E-state index contributed by atoms with van der Waals surface area (Å²) in [6.07, 6.45) is 5.69. The molecule has 0 unspecified atom stereocenters. The molecule has 0 radical (unpaired) electrons. The molecule has 40 heavy (non-hydrogen) atoms. The zero-order valence-corrected chi connectivity index (χ0v) is 22.1. The van der Waals surface area contributed by atoms with Crippen LogP contribution in [0.1, 0.15) is 50.4 Å². The Hall–Kier alpha value is -4.69. The second-order valence-electron chi connectivity index (χ2n) is 9.70. The molecule has 9 heteroatoms.